The van der Waals surface area contributed by atoms with Crippen LogP contribution in [0.1, 0.15) is 26.2 Å². The van der Waals surface area contributed by atoms with Crippen molar-refractivity contribution in [3.8, 4) is 0 Å². The number of β-lactam (4-membered cyclic amide) rings is 1. The summed E-state index contributed by atoms with van der Waals surface area (Å²) in [7, 11) is -3.75. The number of sulfone groups is 1. The number of fused-ring (bicyclic) bond motifs is 1. The van der Waals surface area contributed by atoms with Gasteiger partial charge < -0.3 is 10.4 Å². The Morgan fingerprint density at radius 2 is 2.26 bits per heavy atom. The molecule has 3 aliphatic rings. The standard InChI is InChI=1S/C13H17NO4S/c1-8-7-19(17,18)13(10(8)14-12(13)16)11(15)9-5-3-2-4-6-9/h3,5,7,9-11,15H,2,4,6H2,1H3,(H,14,16)/t9-,10+,11+,13+/m1/s1. The van der Waals surface area contributed by atoms with Gasteiger partial charge in [0, 0.05) is 11.3 Å². The molecule has 1 amide bonds. The van der Waals surface area contributed by atoms with Gasteiger partial charge in [-0.25, -0.2) is 8.42 Å². The highest BCUT2D eigenvalue weighted by Gasteiger charge is 2.71. The number of allylic oxidation sites excluding steroid dienone is 1. The second-order valence-electron chi connectivity index (χ2n) is 5.57. The molecular formula is C13H17NO4S. The number of nitrogens with one attached hydrogen (secondary N) is 1. The first-order chi connectivity index (χ1) is 8.91. The van der Waals surface area contributed by atoms with E-state index >= 15 is 0 Å². The predicted octanol–water partition coefficient (Wildman–Crippen LogP) is 0.273. The van der Waals surface area contributed by atoms with Crippen molar-refractivity contribution >= 4 is 15.7 Å². The van der Waals surface area contributed by atoms with Crippen molar-refractivity contribution in [2.24, 2.45) is 5.92 Å². The molecule has 1 saturated heterocycles. The third-order valence-electron chi connectivity index (χ3n) is 4.46. The molecule has 0 aromatic heterocycles. The Hall–Kier alpha value is -1.14. The molecule has 0 aromatic carbocycles. The van der Waals surface area contributed by atoms with Gasteiger partial charge in [0.25, 0.3) is 0 Å². The molecule has 19 heavy (non-hydrogen) atoms. The van der Waals surface area contributed by atoms with E-state index in [0.29, 0.717) is 12.0 Å². The molecule has 6 heteroatoms. The predicted molar refractivity (Wildman–Crippen MR) is 69.8 cm³/mol. The maximum absolute atomic E-state index is 12.3. The van der Waals surface area contributed by atoms with Gasteiger partial charge in [0.2, 0.25) is 10.7 Å². The van der Waals surface area contributed by atoms with Crippen LogP contribution >= 0.6 is 0 Å². The van der Waals surface area contributed by atoms with Gasteiger partial charge in [-0.1, -0.05) is 12.2 Å². The van der Waals surface area contributed by atoms with Crippen molar-refractivity contribution in [1.29, 1.82) is 0 Å². The molecule has 1 fully saturated rings. The summed E-state index contributed by atoms with van der Waals surface area (Å²) in [6.07, 6.45) is 5.18. The summed E-state index contributed by atoms with van der Waals surface area (Å²) < 4.78 is 23.0. The van der Waals surface area contributed by atoms with Gasteiger partial charge in [0.05, 0.1) is 12.1 Å². The number of carbonyl (C=O) groups excluding carboxylic acids is 1. The smallest absolute Gasteiger partial charge is 0.247 e. The van der Waals surface area contributed by atoms with E-state index in [4.69, 9.17) is 0 Å². The zero-order valence-corrected chi connectivity index (χ0v) is 11.5. The largest absolute Gasteiger partial charge is 0.390 e. The highest BCUT2D eigenvalue weighted by Crippen LogP contribution is 2.47. The van der Waals surface area contributed by atoms with Gasteiger partial charge in [-0.05, 0) is 31.8 Å². The topological polar surface area (TPSA) is 83.5 Å². The molecule has 0 saturated carbocycles. The minimum atomic E-state index is -3.75. The number of hydrogen-bond acceptors (Lipinski definition) is 4. The molecule has 2 N–H and O–H groups in total. The van der Waals surface area contributed by atoms with Crippen LogP contribution in [-0.2, 0) is 14.6 Å². The fourth-order valence-corrected chi connectivity index (χ4v) is 5.68. The normalized spacial score (nSPS) is 40.9. The Morgan fingerprint density at radius 1 is 1.53 bits per heavy atom. The van der Waals surface area contributed by atoms with Crippen molar-refractivity contribution in [3.63, 3.8) is 0 Å². The number of amides is 1. The third kappa shape index (κ3) is 1.44. The SMILES string of the molecule is CC1=CS(=O)(=O)[C@@]2([C@@H](O)[C@@H]3C=CCCC3)C(=O)N[C@@H]12. The second-order valence-corrected chi connectivity index (χ2v) is 7.58. The summed E-state index contributed by atoms with van der Waals surface area (Å²) in [6, 6.07) is -0.574. The Morgan fingerprint density at radius 3 is 2.79 bits per heavy atom. The molecule has 2 heterocycles. The average Bonchev–Trinajstić information content (AvgIpc) is 2.51. The number of aliphatic hydroxyl groups excluding tert-OH is 1. The molecule has 3 rings (SSSR count). The van der Waals surface area contributed by atoms with Gasteiger partial charge in [-0.3, -0.25) is 4.79 Å². The molecule has 4 atom stereocenters. The van der Waals surface area contributed by atoms with Crippen LogP contribution in [-0.4, -0.2) is 36.3 Å². The van der Waals surface area contributed by atoms with Crippen LogP contribution < -0.4 is 5.32 Å². The molecule has 5 nitrogen and oxygen atoms in total. The average molecular weight is 283 g/mol. The van der Waals surface area contributed by atoms with Crippen LogP contribution in [0.4, 0.5) is 0 Å². The Labute approximate surface area is 112 Å². The summed E-state index contributed by atoms with van der Waals surface area (Å²) in [5.41, 5.74) is 0.596. The van der Waals surface area contributed by atoms with Crippen molar-refractivity contribution in [2.75, 3.05) is 0 Å². The van der Waals surface area contributed by atoms with Crippen LogP contribution in [0.5, 0.6) is 0 Å². The molecule has 0 radical (unpaired) electrons. The van der Waals surface area contributed by atoms with Gasteiger partial charge in [0.15, 0.2) is 9.84 Å². The van der Waals surface area contributed by atoms with E-state index in [2.05, 4.69) is 5.32 Å². The third-order valence-corrected chi connectivity index (χ3v) is 6.75. The first-order valence-corrected chi connectivity index (χ1v) is 8.04. The van der Waals surface area contributed by atoms with E-state index in [-0.39, 0.29) is 5.92 Å². The fraction of sp³-hybridized carbons (Fsp3) is 0.615. The summed E-state index contributed by atoms with van der Waals surface area (Å²) in [5, 5.41) is 14.3. The van der Waals surface area contributed by atoms with Crippen LogP contribution in [0.3, 0.4) is 0 Å². The number of rotatable bonds is 2. The first-order valence-electron chi connectivity index (χ1n) is 6.50. The van der Waals surface area contributed by atoms with Gasteiger partial charge in [0.1, 0.15) is 0 Å². The summed E-state index contributed by atoms with van der Waals surface area (Å²) in [6.45, 7) is 1.67. The number of aliphatic hydroxyl groups is 1. The lowest BCUT2D eigenvalue weighted by molar-refractivity contribution is -0.137. The van der Waals surface area contributed by atoms with Crippen molar-refractivity contribution in [1.82, 2.24) is 5.32 Å². The zero-order chi connectivity index (χ0) is 13.8. The van der Waals surface area contributed by atoms with Gasteiger partial charge >= 0.3 is 0 Å². The zero-order valence-electron chi connectivity index (χ0n) is 10.7. The lowest BCUT2D eigenvalue weighted by atomic mass is 9.74. The maximum Gasteiger partial charge on any atom is 0.247 e. The molecule has 0 bridgehead atoms. The molecule has 0 aromatic rings. The Kier molecular flexibility index (Phi) is 2.66. The number of carbonyl (C=O) groups is 1. The molecule has 1 aliphatic carbocycles. The summed E-state index contributed by atoms with van der Waals surface area (Å²) >= 11 is 0. The van der Waals surface area contributed by atoms with Gasteiger partial charge in [-0.2, -0.15) is 0 Å². The monoisotopic (exact) mass is 283 g/mol. The van der Waals surface area contributed by atoms with E-state index in [9.17, 15) is 18.3 Å². The van der Waals surface area contributed by atoms with Crippen molar-refractivity contribution in [3.05, 3.63) is 23.1 Å². The van der Waals surface area contributed by atoms with Crippen molar-refractivity contribution in [2.45, 2.75) is 43.1 Å². The minimum absolute atomic E-state index is 0.267. The van der Waals surface area contributed by atoms with Crippen LogP contribution in [0.25, 0.3) is 0 Å². The molecule has 2 aliphatic heterocycles. The molecule has 0 unspecified atom stereocenters. The molecular weight excluding hydrogens is 266 g/mol. The number of hydrogen-bond donors (Lipinski definition) is 2. The molecule has 0 spiro atoms. The lowest BCUT2D eigenvalue weighted by Crippen LogP contribution is -2.78. The maximum atomic E-state index is 12.3. The van der Waals surface area contributed by atoms with Crippen molar-refractivity contribution < 1.29 is 18.3 Å². The summed E-state index contributed by atoms with van der Waals surface area (Å²) in [5.74, 6) is -0.839. The Balaban J connectivity index is 2.04. The lowest BCUT2D eigenvalue weighted by Gasteiger charge is -2.48. The Bertz CT molecular complexity index is 592. The molecule has 104 valence electrons. The highest BCUT2D eigenvalue weighted by atomic mass is 32.2. The van der Waals surface area contributed by atoms with E-state index in [1.165, 1.54) is 0 Å². The minimum Gasteiger partial charge on any atom is -0.390 e. The van der Waals surface area contributed by atoms with Gasteiger partial charge in [-0.15, -0.1) is 0 Å². The second kappa shape index (κ2) is 3.93. The van der Waals surface area contributed by atoms with Crippen LogP contribution in [0, 0.1) is 5.92 Å². The fourth-order valence-electron chi connectivity index (χ4n) is 3.45. The quantitative estimate of drug-likeness (QED) is 0.563. The summed E-state index contributed by atoms with van der Waals surface area (Å²) in [4.78, 5) is 12.0. The van der Waals surface area contributed by atoms with Crippen LogP contribution in [0.15, 0.2) is 23.1 Å². The van der Waals surface area contributed by atoms with Crippen LogP contribution in [0.2, 0.25) is 0 Å². The van der Waals surface area contributed by atoms with E-state index in [0.717, 1.165) is 18.2 Å². The van der Waals surface area contributed by atoms with E-state index in [1.807, 2.05) is 12.2 Å². The van der Waals surface area contributed by atoms with E-state index < -0.39 is 32.6 Å². The van der Waals surface area contributed by atoms with E-state index in [1.54, 1.807) is 6.92 Å². The highest BCUT2D eigenvalue weighted by molar-refractivity contribution is 7.97. The first kappa shape index (κ1) is 12.9.